The van der Waals surface area contributed by atoms with Crippen LogP contribution in [-0.4, -0.2) is 19.5 Å². The Morgan fingerprint density at radius 2 is 1.12 bits per heavy atom. The topological polar surface area (TPSA) is 43.6 Å². The zero-order chi connectivity index (χ0) is 39.6. The summed E-state index contributed by atoms with van der Waals surface area (Å²) >= 11 is 1.81. The molecule has 0 spiro atoms. The summed E-state index contributed by atoms with van der Waals surface area (Å²) in [5, 5.41) is 4.99. The van der Waals surface area contributed by atoms with Gasteiger partial charge in [0.05, 0.1) is 32.8 Å². The second-order valence-electron chi connectivity index (χ2n) is 15.5. The van der Waals surface area contributed by atoms with Gasteiger partial charge < -0.3 is 4.57 Å². The van der Waals surface area contributed by atoms with Crippen molar-refractivity contribution in [2.24, 2.45) is 0 Å². The average molecular weight is 785 g/mol. The number of pyridine rings is 1. The van der Waals surface area contributed by atoms with Gasteiger partial charge >= 0.3 is 0 Å². The summed E-state index contributed by atoms with van der Waals surface area (Å²) < 4.78 is 4.88. The fraction of sp³-hybridized carbons (Fsp3) is 0.0364. The predicted octanol–water partition coefficient (Wildman–Crippen LogP) is 14.6. The van der Waals surface area contributed by atoms with E-state index in [1.807, 2.05) is 17.4 Å². The van der Waals surface area contributed by atoms with Crippen molar-refractivity contribution in [1.29, 1.82) is 0 Å². The molecule has 0 amide bonds. The molecule has 1 aliphatic carbocycles. The highest BCUT2D eigenvalue weighted by Gasteiger charge is 2.20. The maximum absolute atomic E-state index is 5.35. The summed E-state index contributed by atoms with van der Waals surface area (Å²) in [5.74, 6) is 0.686. The molecule has 0 bridgehead atoms. The summed E-state index contributed by atoms with van der Waals surface area (Å²) in [6, 6.07) is 64.7. The van der Waals surface area contributed by atoms with Gasteiger partial charge in [0.1, 0.15) is 0 Å². The Kier molecular flexibility index (Phi) is 8.13. The molecule has 0 N–H and O–H groups in total. The number of nitrogens with zero attached hydrogens (tertiary/aromatic N) is 4. The molecule has 282 valence electrons. The van der Waals surface area contributed by atoms with Gasteiger partial charge in [-0.15, -0.1) is 11.3 Å². The van der Waals surface area contributed by atoms with E-state index < -0.39 is 0 Å². The van der Waals surface area contributed by atoms with Gasteiger partial charge in [0, 0.05) is 65.4 Å². The molecule has 11 aromatic rings. The van der Waals surface area contributed by atoms with Crippen molar-refractivity contribution in [3.8, 4) is 62.0 Å². The van der Waals surface area contributed by atoms with Crippen molar-refractivity contribution in [2.75, 3.05) is 0 Å². The number of thiophene rings is 1. The first-order valence-electron chi connectivity index (χ1n) is 20.5. The van der Waals surface area contributed by atoms with Crippen molar-refractivity contribution in [3.05, 3.63) is 199 Å². The van der Waals surface area contributed by atoms with Crippen LogP contribution >= 0.6 is 11.3 Å². The molecular formula is C55H36N4S. The lowest BCUT2D eigenvalue weighted by Gasteiger charge is -2.14. The van der Waals surface area contributed by atoms with E-state index in [0.29, 0.717) is 5.82 Å². The minimum atomic E-state index is 0.686. The molecule has 0 saturated heterocycles. The van der Waals surface area contributed by atoms with E-state index in [-0.39, 0.29) is 0 Å². The molecule has 7 aromatic carbocycles. The van der Waals surface area contributed by atoms with Crippen molar-refractivity contribution in [2.45, 2.75) is 12.8 Å². The monoisotopic (exact) mass is 784 g/mol. The highest BCUT2D eigenvalue weighted by molar-refractivity contribution is 7.26. The largest absolute Gasteiger partial charge is 0.313 e. The number of para-hydroxylation sites is 1. The van der Waals surface area contributed by atoms with Crippen LogP contribution in [0.15, 0.2) is 188 Å². The summed E-state index contributed by atoms with van der Waals surface area (Å²) in [7, 11) is 0. The Balaban J connectivity index is 0.951. The Morgan fingerprint density at radius 3 is 1.90 bits per heavy atom. The molecule has 0 aliphatic heterocycles. The summed E-state index contributed by atoms with van der Waals surface area (Å²) in [4.78, 5) is 15.7. The standard InChI is InChI=1S/C55H36N4S/c1-3-13-35(14-4-1)40-29-32-46-45(33-40)52-44-19-9-12-22-51(44)60-54(52)53(56-46)38-23-25-39(26-24-38)55-57-47(36-15-5-2-6-16-36)34-48(58-55)37-27-30-41(31-28-37)59-49-20-10-7-17-42(49)43-18-8-11-21-50(43)59/h1-10,12-20,22-34H,11,21H2. The van der Waals surface area contributed by atoms with Gasteiger partial charge in [-0.25, -0.2) is 15.0 Å². The third-order valence-electron chi connectivity index (χ3n) is 11.9. The Hall–Kier alpha value is -7.47. The number of benzene rings is 7. The maximum atomic E-state index is 5.35. The van der Waals surface area contributed by atoms with Crippen molar-refractivity contribution < 1.29 is 0 Å². The van der Waals surface area contributed by atoms with E-state index in [4.69, 9.17) is 15.0 Å². The van der Waals surface area contributed by atoms with E-state index in [1.54, 1.807) is 0 Å². The second-order valence-corrected chi connectivity index (χ2v) is 16.5. The molecule has 0 radical (unpaired) electrons. The molecule has 1 aliphatic rings. The highest BCUT2D eigenvalue weighted by Crippen LogP contribution is 2.44. The quantitative estimate of drug-likeness (QED) is 0.169. The van der Waals surface area contributed by atoms with Crippen LogP contribution in [0.5, 0.6) is 0 Å². The molecule has 12 rings (SSSR count). The fourth-order valence-corrected chi connectivity index (χ4v) is 10.2. The van der Waals surface area contributed by atoms with Crippen LogP contribution < -0.4 is 0 Å². The fourth-order valence-electron chi connectivity index (χ4n) is 9.00. The smallest absolute Gasteiger partial charge is 0.160 e. The van der Waals surface area contributed by atoms with Crippen LogP contribution in [0.25, 0.3) is 110 Å². The Bertz CT molecular complexity index is 3450. The molecule has 0 saturated carbocycles. The molecular weight excluding hydrogens is 749 g/mol. The summed E-state index contributed by atoms with van der Waals surface area (Å²) in [6.07, 6.45) is 6.66. The van der Waals surface area contributed by atoms with Gasteiger partial charge in [0.15, 0.2) is 5.82 Å². The molecule has 5 heteroatoms. The van der Waals surface area contributed by atoms with Gasteiger partial charge in [0.2, 0.25) is 0 Å². The van der Waals surface area contributed by atoms with Gasteiger partial charge in [0.25, 0.3) is 0 Å². The zero-order valence-corrected chi connectivity index (χ0v) is 33.4. The lowest BCUT2D eigenvalue weighted by molar-refractivity contribution is 0.888. The molecule has 4 nitrogen and oxygen atoms in total. The van der Waals surface area contributed by atoms with Gasteiger partial charge in [-0.1, -0.05) is 152 Å². The van der Waals surface area contributed by atoms with Crippen LogP contribution in [-0.2, 0) is 6.42 Å². The summed E-state index contributed by atoms with van der Waals surface area (Å²) in [6.45, 7) is 0. The minimum absolute atomic E-state index is 0.686. The average Bonchev–Trinajstić information content (AvgIpc) is 3.89. The first-order chi connectivity index (χ1) is 29.7. The zero-order valence-electron chi connectivity index (χ0n) is 32.6. The number of allylic oxidation sites excluding steroid dienone is 1. The molecule has 0 unspecified atom stereocenters. The number of aromatic nitrogens is 4. The van der Waals surface area contributed by atoms with Gasteiger partial charge in [-0.2, -0.15) is 0 Å². The van der Waals surface area contributed by atoms with E-state index in [1.165, 1.54) is 58.8 Å². The van der Waals surface area contributed by atoms with Crippen LogP contribution in [0.1, 0.15) is 17.7 Å². The maximum Gasteiger partial charge on any atom is 0.160 e. The number of hydrogen-bond acceptors (Lipinski definition) is 4. The second kappa shape index (κ2) is 14.1. The first-order valence-corrected chi connectivity index (χ1v) is 21.3. The predicted molar refractivity (Wildman–Crippen MR) is 252 cm³/mol. The molecule has 4 heterocycles. The van der Waals surface area contributed by atoms with E-state index in [2.05, 4.69) is 193 Å². The van der Waals surface area contributed by atoms with E-state index in [9.17, 15) is 0 Å². The molecule has 60 heavy (non-hydrogen) atoms. The van der Waals surface area contributed by atoms with E-state index in [0.717, 1.165) is 63.4 Å². The van der Waals surface area contributed by atoms with Crippen molar-refractivity contribution in [1.82, 2.24) is 19.5 Å². The lowest BCUT2D eigenvalue weighted by atomic mass is 9.98. The van der Waals surface area contributed by atoms with Gasteiger partial charge in [-0.3, -0.25) is 0 Å². The highest BCUT2D eigenvalue weighted by atomic mass is 32.1. The summed E-state index contributed by atoms with van der Waals surface area (Å²) in [5.41, 5.74) is 15.4. The van der Waals surface area contributed by atoms with Crippen molar-refractivity contribution in [3.63, 3.8) is 0 Å². The third-order valence-corrected chi connectivity index (χ3v) is 13.1. The number of hydrogen-bond donors (Lipinski definition) is 0. The first kappa shape index (κ1) is 34.6. The molecule has 4 aromatic heterocycles. The minimum Gasteiger partial charge on any atom is -0.313 e. The normalized spacial score (nSPS) is 12.5. The lowest BCUT2D eigenvalue weighted by Crippen LogP contribution is -2.03. The third kappa shape index (κ3) is 5.77. The Morgan fingerprint density at radius 1 is 0.483 bits per heavy atom. The Labute approximate surface area is 351 Å². The van der Waals surface area contributed by atoms with Crippen LogP contribution in [0.2, 0.25) is 0 Å². The van der Waals surface area contributed by atoms with Crippen LogP contribution in [0.3, 0.4) is 0 Å². The number of fused-ring (bicyclic) bond motifs is 8. The molecule has 0 fully saturated rings. The van der Waals surface area contributed by atoms with Crippen molar-refractivity contribution >= 4 is 59.4 Å². The SMILES string of the molecule is C1=Cc2c(n(-c3ccc(-c4cc(-c5ccccc5)nc(-c5ccc(-c6nc7ccc(-c8ccccc8)cc7c7c6sc6ccccc67)cc5)n4)cc3)c3ccccc23)CC1. The van der Waals surface area contributed by atoms with Crippen LogP contribution in [0.4, 0.5) is 0 Å². The van der Waals surface area contributed by atoms with E-state index >= 15 is 0 Å². The molecule has 0 atom stereocenters. The number of rotatable bonds is 6. The van der Waals surface area contributed by atoms with Crippen LogP contribution in [0, 0.1) is 0 Å². The van der Waals surface area contributed by atoms with Gasteiger partial charge in [-0.05, 0) is 66.4 Å².